The monoisotopic (exact) mass is 235 g/mol. The van der Waals surface area contributed by atoms with Gasteiger partial charge in [-0.25, -0.2) is 0 Å². The summed E-state index contributed by atoms with van der Waals surface area (Å²) in [6.07, 6.45) is 9.81. The number of hydrogen-bond acceptors (Lipinski definition) is 1. The number of piperidine rings is 1. The number of allylic oxidation sites excluding steroid dienone is 2. The van der Waals surface area contributed by atoms with Crippen molar-refractivity contribution in [1.82, 2.24) is 4.90 Å². The Kier molecular flexibility index (Phi) is 6.39. The Morgan fingerprint density at radius 2 is 2.00 bits per heavy atom. The first kappa shape index (κ1) is 14.3. The number of nitrogens with zero attached hydrogens (tertiary/aromatic N) is 1. The van der Waals surface area contributed by atoms with Crippen molar-refractivity contribution in [1.29, 1.82) is 0 Å². The maximum atomic E-state index is 4.26. The molecule has 1 heteroatoms. The molecule has 0 bridgehead atoms. The molecule has 1 unspecified atom stereocenters. The van der Waals surface area contributed by atoms with Gasteiger partial charge in [-0.3, -0.25) is 0 Å². The van der Waals surface area contributed by atoms with Crippen LogP contribution in [0.15, 0.2) is 24.9 Å². The van der Waals surface area contributed by atoms with Crippen molar-refractivity contribution >= 4 is 0 Å². The van der Waals surface area contributed by atoms with E-state index in [1.54, 1.807) is 0 Å². The molecule has 0 spiro atoms. The van der Waals surface area contributed by atoms with E-state index in [0.29, 0.717) is 5.92 Å². The van der Waals surface area contributed by atoms with E-state index in [0.717, 1.165) is 12.3 Å². The first-order valence-electron chi connectivity index (χ1n) is 7.26. The maximum absolute atomic E-state index is 4.26. The molecule has 1 heterocycles. The van der Waals surface area contributed by atoms with Crippen molar-refractivity contribution in [3.63, 3.8) is 0 Å². The molecular weight excluding hydrogens is 206 g/mol. The molecular formula is C16H29N. The van der Waals surface area contributed by atoms with Crippen LogP contribution in [-0.2, 0) is 0 Å². The standard InChI is InChI=1S/C16H29N/c1-5-8-16-9-11-17(12-10-16)14(4)13-15(6-2)7-3/h6,15-16H,2,4-5,7-13H2,1,3H3. The smallest absolute Gasteiger partial charge is 0.0177 e. The molecule has 98 valence electrons. The van der Waals surface area contributed by atoms with Gasteiger partial charge >= 0.3 is 0 Å². The van der Waals surface area contributed by atoms with Crippen LogP contribution in [0.25, 0.3) is 0 Å². The Balaban J connectivity index is 2.32. The van der Waals surface area contributed by atoms with Gasteiger partial charge in [0, 0.05) is 18.8 Å². The highest BCUT2D eigenvalue weighted by Crippen LogP contribution is 2.26. The van der Waals surface area contributed by atoms with Crippen molar-refractivity contribution in [2.45, 2.75) is 52.4 Å². The largest absolute Gasteiger partial charge is 0.375 e. The Labute approximate surface area is 108 Å². The fourth-order valence-corrected chi connectivity index (χ4v) is 2.77. The van der Waals surface area contributed by atoms with Gasteiger partial charge in [0.25, 0.3) is 0 Å². The van der Waals surface area contributed by atoms with Crippen LogP contribution in [-0.4, -0.2) is 18.0 Å². The van der Waals surface area contributed by atoms with Gasteiger partial charge in [0.1, 0.15) is 0 Å². The summed E-state index contributed by atoms with van der Waals surface area (Å²) in [5.74, 6) is 1.57. The van der Waals surface area contributed by atoms with E-state index >= 15 is 0 Å². The van der Waals surface area contributed by atoms with Gasteiger partial charge in [0.2, 0.25) is 0 Å². The molecule has 1 fully saturated rings. The van der Waals surface area contributed by atoms with E-state index < -0.39 is 0 Å². The molecule has 0 aromatic carbocycles. The van der Waals surface area contributed by atoms with Crippen LogP contribution in [0.2, 0.25) is 0 Å². The molecule has 1 atom stereocenters. The van der Waals surface area contributed by atoms with E-state index in [1.165, 1.54) is 50.9 Å². The third kappa shape index (κ3) is 4.57. The third-order valence-corrected chi connectivity index (χ3v) is 4.11. The lowest BCUT2D eigenvalue weighted by Crippen LogP contribution is -2.33. The van der Waals surface area contributed by atoms with Gasteiger partial charge in [-0.2, -0.15) is 0 Å². The summed E-state index contributed by atoms with van der Waals surface area (Å²) in [4.78, 5) is 2.50. The molecule has 0 aliphatic carbocycles. The van der Waals surface area contributed by atoms with Gasteiger partial charge < -0.3 is 4.90 Å². The normalized spacial score (nSPS) is 19.1. The SMILES string of the molecule is C=CC(CC)CC(=C)N1CCC(CCC)CC1. The summed E-state index contributed by atoms with van der Waals surface area (Å²) >= 11 is 0. The highest BCUT2D eigenvalue weighted by molar-refractivity contribution is 5.00. The molecule has 1 nitrogen and oxygen atoms in total. The molecule has 0 aromatic heterocycles. The average molecular weight is 235 g/mol. The van der Waals surface area contributed by atoms with Crippen LogP contribution in [0, 0.1) is 11.8 Å². The highest BCUT2D eigenvalue weighted by atomic mass is 15.1. The number of rotatable bonds is 7. The zero-order chi connectivity index (χ0) is 12.7. The highest BCUT2D eigenvalue weighted by Gasteiger charge is 2.19. The molecule has 1 aliphatic heterocycles. The molecule has 1 rings (SSSR count). The van der Waals surface area contributed by atoms with Gasteiger partial charge in [-0.05, 0) is 37.5 Å². The molecule has 0 saturated carbocycles. The lowest BCUT2D eigenvalue weighted by molar-refractivity contribution is 0.210. The van der Waals surface area contributed by atoms with Crippen LogP contribution in [0.3, 0.4) is 0 Å². The second kappa shape index (κ2) is 7.58. The van der Waals surface area contributed by atoms with Crippen LogP contribution < -0.4 is 0 Å². The predicted octanol–water partition coefficient (Wildman–Crippen LogP) is 4.61. The lowest BCUT2D eigenvalue weighted by Gasteiger charge is -2.35. The van der Waals surface area contributed by atoms with Crippen molar-refractivity contribution in [3.8, 4) is 0 Å². The minimum Gasteiger partial charge on any atom is -0.375 e. The average Bonchev–Trinajstić information content (AvgIpc) is 2.37. The van der Waals surface area contributed by atoms with Crippen molar-refractivity contribution in [3.05, 3.63) is 24.9 Å². The van der Waals surface area contributed by atoms with E-state index in [9.17, 15) is 0 Å². The van der Waals surface area contributed by atoms with Gasteiger partial charge in [0.15, 0.2) is 0 Å². The Morgan fingerprint density at radius 3 is 2.47 bits per heavy atom. The quantitative estimate of drug-likeness (QED) is 0.582. The summed E-state index contributed by atoms with van der Waals surface area (Å²) in [5.41, 5.74) is 1.33. The second-order valence-corrected chi connectivity index (χ2v) is 5.39. The Bertz CT molecular complexity index is 236. The van der Waals surface area contributed by atoms with Crippen molar-refractivity contribution in [2.24, 2.45) is 11.8 Å². The van der Waals surface area contributed by atoms with Crippen LogP contribution in [0.1, 0.15) is 52.4 Å². The maximum Gasteiger partial charge on any atom is 0.0177 e. The lowest BCUT2D eigenvalue weighted by atomic mass is 9.91. The summed E-state index contributed by atoms with van der Waals surface area (Å²) in [6, 6.07) is 0. The molecule has 0 N–H and O–H groups in total. The van der Waals surface area contributed by atoms with Gasteiger partial charge in [0.05, 0.1) is 0 Å². The Morgan fingerprint density at radius 1 is 1.35 bits per heavy atom. The zero-order valence-corrected chi connectivity index (χ0v) is 11.8. The van der Waals surface area contributed by atoms with E-state index in [2.05, 4.69) is 38.0 Å². The topological polar surface area (TPSA) is 3.24 Å². The summed E-state index contributed by atoms with van der Waals surface area (Å²) < 4.78 is 0. The number of likely N-dealkylation sites (tertiary alicyclic amines) is 1. The molecule has 0 amide bonds. The Hall–Kier alpha value is -0.720. The molecule has 0 radical (unpaired) electrons. The van der Waals surface area contributed by atoms with E-state index in [4.69, 9.17) is 0 Å². The van der Waals surface area contributed by atoms with E-state index in [-0.39, 0.29) is 0 Å². The predicted molar refractivity (Wildman–Crippen MR) is 76.9 cm³/mol. The van der Waals surface area contributed by atoms with E-state index in [1.807, 2.05) is 0 Å². The summed E-state index contributed by atoms with van der Waals surface area (Å²) in [6.45, 7) is 15.1. The third-order valence-electron chi connectivity index (χ3n) is 4.11. The fourth-order valence-electron chi connectivity index (χ4n) is 2.77. The minimum atomic E-state index is 0.607. The molecule has 0 aromatic rings. The first-order chi connectivity index (χ1) is 8.21. The fraction of sp³-hybridized carbons (Fsp3) is 0.750. The summed E-state index contributed by atoms with van der Waals surface area (Å²) in [7, 11) is 0. The zero-order valence-electron chi connectivity index (χ0n) is 11.8. The summed E-state index contributed by atoms with van der Waals surface area (Å²) in [5, 5.41) is 0. The van der Waals surface area contributed by atoms with Gasteiger partial charge in [-0.1, -0.05) is 39.3 Å². The van der Waals surface area contributed by atoms with Crippen molar-refractivity contribution in [2.75, 3.05) is 13.1 Å². The van der Waals surface area contributed by atoms with Crippen LogP contribution in [0.5, 0.6) is 0 Å². The first-order valence-corrected chi connectivity index (χ1v) is 7.26. The second-order valence-electron chi connectivity index (χ2n) is 5.39. The number of hydrogen-bond donors (Lipinski definition) is 0. The molecule has 1 saturated heterocycles. The van der Waals surface area contributed by atoms with Crippen molar-refractivity contribution < 1.29 is 0 Å². The minimum absolute atomic E-state index is 0.607. The van der Waals surface area contributed by atoms with Gasteiger partial charge in [-0.15, -0.1) is 6.58 Å². The molecule has 17 heavy (non-hydrogen) atoms. The van der Waals surface area contributed by atoms with Crippen LogP contribution in [0.4, 0.5) is 0 Å². The van der Waals surface area contributed by atoms with Crippen LogP contribution >= 0.6 is 0 Å². The molecule has 1 aliphatic rings.